The summed E-state index contributed by atoms with van der Waals surface area (Å²) in [5, 5.41) is 7.73. The second-order valence-corrected chi connectivity index (χ2v) is 7.67. The number of likely N-dealkylation sites (tertiary alicyclic amines) is 1. The molecule has 8 nitrogen and oxygen atoms in total. The van der Waals surface area contributed by atoms with E-state index in [9.17, 15) is 4.79 Å². The molecule has 1 aromatic carbocycles. The van der Waals surface area contributed by atoms with Gasteiger partial charge in [-0.15, -0.1) is 5.10 Å². The van der Waals surface area contributed by atoms with E-state index in [0.717, 1.165) is 19.4 Å². The Kier molecular flexibility index (Phi) is 4.38. The van der Waals surface area contributed by atoms with Crippen LogP contribution in [0.15, 0.2) is 54.7 Å². The highest BCUT2D eigenvalue weighted by Gasteiger charge is 2.46. The lowest BCUT2D eigenvalue weighted by atomic mass is 10.1. The summed E-state index contributed by atoms with van der Waals surface area (Å²) in [5.41, 5.74) is 7.25. The van der Waals surface area contributed by atoms with Crippen molar-refractivity contribution in [2.24, 2.45) is 5.92 Å². The van der Waals surface area contributed by atoms with E-state index in [1.54, 1.807) is 6.20 Å². The predicted octanol–water partition coefficient (Wildman–Crippen LogP) is 2.06. The normalized spacial score (nSPS) is 23.2. The average molecular weight is 389 g/mol. The molecule has 2 fully saturated rings. The lowest BCUT2D eigenvalue weighted by molar-refractivity contribution is -0.131. The predicted molar refractivity (Wildman–Crippen MR) is 109 cm³/mol. The fraction of sp³-hybridized carbons (Fsp3) is 0.333. The second-order valence-electron chi connectivity index (χ2n) is 7.67. The first kappa shape index (κ1) is 17.7. The fourth-order valence-corrected chi connectivity index (χ4v) is 4.06. The molecule has 1 saturated heterocycles. The molecule has 2 aromatic heterocycles. The summed E-state index contributed by atoms with van der Waals surface area (Å²) >= 11 is 0. The first-order valence-electron chi connectivity index (χ1n) is 9.93. The van der Waals surface area contributed by atoms with Gasteiger partial charge in [0.1, 0.15) is 0 Å². The zero-order valence-corrected chi connectivity index (χ0v) is 16.0. The maximum absolute atomic E-state index is 12.9. The van der Waals surface area contributed by atoms with Crippen molar-refractivity contribution in [3.05, 3.63) is 60.3 Å². The van der Waals surface area contributed by atoms with Crippen LogP contribution < -0.4 is 11.1 Å². The van der Waals surface area contributed by atoms with Crippen LogP contribution in [-0.4, -0.2) is 49.7 Å². The lowest BCUT2D eigenvalue weighted by Crippen LogP contribution is -2.33. The fourth-order valence-electron chi connectivity index (χ4n) is 4.06. The molecule has 0 bridgehead atoms. The molecule has 1 saturated carbocycles. The lowest BCUT2D eigenvalue weighted by Gasteiger charge is -2.17. The molecule has 148 valence electrons. The van der Waals surface area contributed by atoms with Gasteiger partial charge in [0.15, 0.2) is 5.82 Å². The van der Waals surface area contributed by atoms with E-state index in [-0.39, 0.29) is 23.8 Å². The Morgan fingerprint density at radius 3 is 2.76 bits per heavy atom. The Bertz CT molecular complexity index is 1000. The van der Waals surface area contributed by atoms with Crippen molar-refractivity contribution in [2.45, 2.75) is 24.8 Å². The minimum absolute atomic E-state index is 0.117. The molecule has 1 unspecified atom stereocenters. The summed E-state index contributed by atoms with van der Waals surface area (Å²) < 4.78 is 1.51. The van der Waals surface area contributed by atoms with Gasteiger partial charge in [-0.2, -0.15) is 9.67 Å². The zero-order chi connectivity index (χ0) is 19.8. The van der Waals surface area contributed by atoms with Crippen LogP contribution in [-0.2, 0) is 4.79 Å². The van der Waals surface area contributed by atoms with E-state index in [1.807, 2.05) is 41.3 Å². The molecule has 0 radical (unpaired) electrons. The number of pyridine rings is 1. The molecular weight excluding hydrogens is 366 g/mol. The molecule has 3 N–H and O–H groups in total. The highest BCUT2D eigenvalue weighted by atomic mass is 16.2. The van der Waals surface area contributed by atoms with Gasteiger partial charge in [0.25, 0.3) is 0 Å². The smallest absolute Gasteiger partial charge is 0.244 e. The summed E-state index contributed by atoms with van der Waals surface area (Å²) in [6, 6.07) is 16.0. The van der Waals surface area contributed by atoms with Gasteiger partial charge in [0.2, 0.25) is 17.8 Å². The zero-order valence-electron chi connectivity index (χ0n) is 16.0. The van der Waals surface area contributed by atoms with Crippen LogP contribution in [0.4, 0.5) is 11.9 Å². The van der Waals surface area contributed by atoms with Crippen molar-refractivity contribution in [2.75, 3.05) is 24.1 Å². The molecular formula is C21H23N7O. The van der Waals surface area contributed by atoms with Gasteiger partial charge in [-0.1, -0.05) is 36.4 Å². The number of amides is 1. The largest absolute Gasteiger partial charge is 0.368 e. The maximum atomic E-state index is 12.9. The van der Waals surface area contributed by atoms with Gasteiger partial charge in [0, 0.05) is 31.2 Å². The number of aromatic nitrogens is 4. The first-order chi connectivity index (χ1) is 14.2. The number of rotatable bonds is 5. The number of hydrogen-bond acceptors (Lipinski definition) is 6. The molecule has 1 aliphatic heterocycles. The summed E-state index contributed by atoms with van der Waals surface area (Å²) in [6.45, 7) is 1.42. The van der Waals surface area contributed by atoms with E-state index in [1.165, 1.54) is 10.2 Å². The Hall–Kier alpha value is -3.42. The topological polar surface area (TPSA) is 102 Å². The monoisotopic (exact) mass is 389 g/mol. The quantitative estimate of drug-likeness (QED) is 0.693. The number of carbonyl (C=O) groups is 1. The highest BCUT2D eigenvalue weighted by molar-refractivity contribution is 5.83. The third-order valence-corrected chi connectivity index (χ3v) is 5.67. The van der Waals surface area contributed by atoms with Crippen LogP contribution >= 0.6 is 0 Å². The molecule has 3 aromatic rings. The Morgan fingerprint density at radius 1 is 1.14 bits per heavy atom. The van der Waals surface area contributed by atoms with Gasteiger partial charge in [-0.25, -0.2) is 4.98 Å². The van der Waals surface area contributed by atoms with E-state index in [4.69, 9.17) is 5.73 Å². The third-order valence-electron chi connectivity index (χ3n) is 5.67. The third kappa shape index (κ3) is 3.53. The van der Waals surface area contributed by atoms with Crippen molar-refractivity contribution in [1.29, 1.82) is 0 Å². The van der Waals surface area contributed by atoms with Crippen LogP contribution in [0.2, 0.25) is 0 Å². The molecule has 2 aliphatic rings. The number of nitrogens with zero attached hydrogens (tertiary/aromatic N) is 5. The minimum Gasteiger partial charge on any atom is -0.368 e. The molecule has 1 amide bonds. The van der Waals surface area contributed by atoms with E-state index < -0.39 is 0 Å². The number of nitrogen functional groups attached to an aromatic ring is 1. The number of nitrogens with two attached hydrogens (primary N) is 1. The number of anilines is 2. The summed E-state index contributed by atoms with van der Waals surface area (Å²) in [7, 11) is 0. The van der Waals surface area contributed by atoms with E-state index in [2.05, 4.69) is 32.5 Å². The summed E-state index contributed by atoms with van der Waals surface area (Å²) in [6.07, 6.45) is 3.50. The summed E-state index contributed by atoms with van der Waals surface area (Å²) in [4.78, 5) is 23.4. The van der Waals surface area contributed by atoms with E-state index in [0.29, 0.717) is 24.2 Å². The highest BCUT2D eigenvalue weighted by Crippen LogP contribution is 2.48. The number of carbonyl (C=O) groups excluding carboxylic acids is 1. The van der Waals surface area contributed by atoms with Crippen molar-refractivity contribution in [1.82, 2.24) is 24.6 Å². The van der Waals surface area contributed by atoms with Gasteiger partial charge in [-0.05, 0) is 36.5 Å². The first-order valence-corrected chi connectivity index (χ1v) is 9.93. The van der Waals surface area contributed by atoms with Crippen LogP contribution in [0.3, 0.4) is 0 Å². The standard InChI is InChI=1S/C21H23N7O/c22-20-25-21(26-28(20)18-8-4-5-10-23-18)24-15-9-11-27(13-15)19(29)17-12-16(17)14-6-2-1-3-7-14/h1-8,10,15-17H,9,11-13H2,(H3,22,24,25,26)/t15?,16-,17-/m0/s1. The molecule has 1 aliphatic carbocycles. The van der Waals surface area contributed by atoms with Gasteiger partial charge in [-0.3, -0.25) is 4.79 Å². The molecule has 3 atom stereocenters. The van der Waals surface area contributed by atoms with Crippen molar-refractivity contribution >= 4 is 17.8 Å². The molecule has 5 rings (SSSR count). The number of nitrogens with one attached hydrogen (secondary N) is 1. The molecule has 8 heteroatoms. The van der Waals surface area contributed by atoms with Crippen LogP contribution in [0, 0.1) is 5.92 Å². The molecule has 29 heavy (non-hydrogen) atoms. The van der Waals surface area contributed by atoms with Crippen molar-refractivity contribution < 1.29 is 4.79 Å². The van der Waals surface area contributed by atoms with Crippen molar-refractivity contribution in [3.63, 3.8) is 0 Å². The maximum Gasteiger partial charge on any atom is 0.244 e. The van der Waals surface area contributed by atoms with Gasteiger partial charge >= 0.3 is 0 Å². The van der Waals surface area contributed by atoms with Gasteiger partial charge in [0.05, 0.1) is 0 Å². The Labute approximate surface area is 168 Å². The molecule has 3 heterocycles. The second kappa shape index (κ2) is 7.20. The van der Waals surface area contributed by atoms with Crippen molar-refractivity contribution in [3.8, 4) is 5.82 Å². The average Bonchev–Trinajstić information content (AvgIpc) is 3.29. The molecule has 0 spiro atoms. The Morgan fingerprint density at radius 2 is 1.97 bits per heavy atom. The van der Waals surface area contributed by atoms with E-state index >= 15 is 0 Å². The summed E-state index contributed by atoms with van der Waals surface area (Å²) in [5.74, 6) is 2.10. The Balaban J connectivity index is 1.20. The number of hydrogen-bond donors (Lipinski definition) is 2. The van der Waals surface area contributed by atoms with Gasteiger partial charge < -0.3 is 16.0 Å². The van der Waals surface area contributed by atoms with Crippen LogP contribution in [0.25, 0.3) is 5.82 Å². The minimum atomic E-state index is 0.117. The van der Waals surface area contributed by atoms with Crippen LogP contribution in [0.5, 0.6) is 0 Å². The SMILES string of the molecule is Nc1nc(NC2CCN(C(=O)[C@H]3C[C@H]3c3ccccc3)C2)nn1-c1ccccn1. The van der Waals surface area contributed by atoms with Crippen LogP contribution in [0.1, 0.15) is 24.3 Å². The number of benzene rings is 1.